The fourth-order valence-corrected chi connectivity index (χ4v) is 3.53. The second kappa shape index (κ2) is 13.6. The monoisotopic (exact) mass is 438 g/mol. The Labute approximate surface area is 193 Å². The topological polar surface area (TPSA) is 58.6 Å². The van der Waals surface area contributed by atoms with E-state index in [9.17, 15) is 9.59 Å². The summed E-state index contributed by atoms with van der Waals surface area (Å²) in [6.07, 6.45) is 3.13. The predicted octanol–water partition coefficient (Wildman–Crippen LogP) is 4.92. The Hall–Kier alpha value is -2.82. The molecule has 0 bridgehead atoms. The van der Waals surface area contributed by atoms with Crippen molar-refractivity contribution in [3.8, 4) is 5.75 Å². The molecule has 0 aliphatic rings. The van der Waals surface area contributed by atoms with Gasteiger partial charge >= 0.3 is 0 Å². The van der Waals surface area contributed by atoms with Gasteiger partial charge in [0.05, 0.1) is 6.61 Å². The second-order valence-corrected chi connectivity index (χ2v) is 8.33. The molecule has 2 rings (SSSR count). The number of hydrogen-bond acceptors (Lipinski definition) is 3. The van der Waals surface area contributed by atoms with Crippen molar-refractivity contribution in [2.24, 2.45) is 0 Å². The second-order valence-electron chi connectivity index (χ2n) is 8.33. The first-order valence-corrected chi connectivity index (χ1v) is 11.8. The van der Waals surface area contributed by atoms with Gasteiger partial charge in [0.1, 0.15) is 11.8 Å². The summed E-state index contributed by atoms with van der Waals surface area (Å²) in [5.74, 6) is 0.738. The predicted molar refractivity (Wildman–Crippen MR) is 130 cm³/mol. The number of nitrogens with zero attached hydrogens (tertiary/aromatic N) is 1. The summed E-state index contributed by atoms with van der Waals surface area (Å²) in [6.45, 7) is 9.02. The number of hydrogen-bond donors (Lipinski definition) is 1. The maximum absolute atomic E-state index is 13.2. The largest absolute Gasteiger partial charge is 0.494 e. The van der Waals surface area contributed by atoms with Gasteiger partial charge in [-0.3, -0.25) is 9.59 Å². The standard InChI is InChI=1S/C27H38N2O3/c1-5-22(4)28-27(31)25(6-2)29(19-18-23-11-8-7-9-12-23)26(30)13-10-20-32-24-16-14-21(3)15-17-24/h7-9,11-12,14-17,22,25H,5-6,10,13,18-20H2,1-4H3,(H,28,31)/t22-,25+/m0/s1. The number of rotatable bonds is 13. The third kappa shape index (κ3) is 8.37. The van der Waals surface area contributed by atoms with E-state index in [-0.39, 0.29) is 17.9 Å². The van der Waals surface area contributed by atoms with E-state index in [1.54, 1.807) is 4.90 Å². The fourth-order valence-electron chi connectivity index (χ4n) is 3.53. The molecule has 0 aliphatic heterocycles. The minimum absolute atomic E-state index is 0.000381. The van der Waals surface area contributed by atoms with Crippen molar-refractivity contribution in [1.29, 1.82) is 0 Å². The van der Waals surface area contributed by atoms with Crippen molar-refractivity contribution in [3.63, 3.8) is 0 Å². The molecule has 2 aromatic rings. The van der Waals surface area contributed by atoms with Crippen LogP contribution in [0.15, 0.2) is 54.6 Å². The lowest BCUT2D eigenvalue weighted by Gasteiger charge is -2.31. The zero-order valence-corrected chi connectivity index (χ0v) is 20.0. The van der Waals surface area contributed by atoms with E-state index in [2.05, 4.69) is 17.4 Å². The highest BCUT2D eigenvalue weighted by atomic mass is 16.5. The molecule has 0 spiro atoms. The number of ether oxygens (including phenoxy) is 1. The number of benzene rings is 2. The summed E-state index contributed by atoms with van der Waals surface area (Å²) in [5.41, 5.74) is 2.34. The third-order valence-corrected chi connectivity index (χ3v) is 5.70. The van der Waals surface area contributed by atoms with Crippen LogP contribution in [0.5, 0.6) is 5.75 Å². The highest BCUT2D eigenvalue weighted by Gasteiger charge is 2.28. The summed E-state index contributed by atoms with van der Waals surface area (Å²) in [6, 6.07) is 17.6. The van der Waals surface area contributed by atoms with E-state index < -0.39 is 6.04 Å². The van der Waals surface area contributed by atoms with Crippen LogP contribution < -0.4 is 10.1 Å². The smallest absolute Gasteiger partial charge is 0.243 e. The molecule has 174 valence electrons. The van der Waals surface area contributed by atoms with Gasteiger partial charge in [-0.25, -0.2) is 0 Å². The maximum atomic E-state index is 13.2. The summed E-state index contributed by atoms with van der Waals surface area (Å²) in [7, 11) is 0. The van der Waals surface area contributed by atoms with Crippen LogP contribution in [0.25, 0.3) is 0 Å². The van der Waals surface area contributed by atoms with Crippen LogP contribution in [0.1, 0.15) is 57.6 Å². The van der Waals surface area contributed by atoms with Crippen LogP contribution in [0.3, 0.4) is 0 Å². The van der Waals surface area contributed by atoms with Crippen LogP contribution in [0.2, 0.25) is 0 Å². The minimum atomic E-state index is -0.460. The lowest BCUT2D eigenvalue weighted by atomic mass is 10.1. The molecule has 0 saturated heterocycles. The molecule has 2 atom stereocenters. The number of aryl methyl sites for hydroxylation is 1. The van der Waals surface area contributed by atoms with Crippen molar-refractivity contribution in [1.82, 2.24) is 10.2 Å². The normalized spacial score (nSPS) is 12.6. The maximum Gasteiger partial charge on any atom is 0.243 e. The van der Waals surface area contributed by atoms with Crippen LogP contribution in [0, 0.1) is 6.92 Å². The van der Waals surface area contributed by atoms with Gasteiger partial charge in [-0.2, -0.15) is 0 Å². The van der Waals surface area contributed by atoms with Gasteiger partial charge in [-0.15, -0.1) is 0 Å². The van der Waals surface area contributed by atoms with E-state index in [0.717, 1.165) is 24.2 Å². The first-order valence-electron chi connectivity index (χ1n) is 11.8. The summed E-state index contributed by atoms with van der Waals surface area (Å²) in [5, 5.41) is 3.05. The van der Waals surface area contributed by atoms with Crippen molar-refractivity contribution in [2.75, 3.05) is 13.2 Å². The first kappa shape index (κ1) is 25.4. The Morgan fingerprint density at radius 2 is 1.69 bits per heavy atom. The molecule has 0 heterocycles. The van der Waals surface area contributed by atoms with E-state index in [1.807, 2.05) is 70.2 Å². The van der Waals surface area contributed by atoms with Gasteiger partial charge in [0.25, 0.3) is 0 Å². The van der Waals surface area contributed by atoms with Crippen molar-refractivity contribution >= 4 is 11.8 Å². The summed E-state index contributed by atoms with van der Waals surface area (Å²) < 4.78 is 5.77. The molecule has 0 fully saturated rings. The molecule has 5 nitrogen and oxygen atoms in total. The van der Waals surface area contributed by atoms with E-state index in [1.165, 1.54) is 5.56 Å². The first-order chi connectivity index (χ1) is 15.4. The molecular weight excluding hydrogens is 400 g/mol. The van der Waals surface area contributed by atoms with Crippen LogP contribution in [-0.4, -0.2) is 41.9 Å². The third-order valence-electron chi connectivity index (χ3n) is 5.70. The molecule has 5 heteroatoms. The highest BCUT2D eigenvalue weighted by Crippen LogP contribution is 2.14. The number of carbonyl (C=O) groups excluding carboxylic acids is 2. The molecule has 0 unspecified atom stereocenters. The number of amides is 2. The Kier molecular flexibility index (Phi) is 10.8. The Morgan fingerprint density at radius 1 is 1.00 bits per heavy atom. The molecule has 32 heavy (non-hydrogen) atoms. The molecule has 0 aromatic heterocycles. The lowest BCUT2D eigenvalue weighted by Crippen LogP contribution is -2.51. The van der Waals surface area contributed by atoms with Crippen LogP contribution in [-0.2, 0) is 16.0 Å². The van der Waals surface area contributed by atoms with Gasteiger partial charge in [0, 0.05) is 19.0 Å². The van der Waals surface area contributed by atoms with Gasteiger partial charge in [-0.05, 0) is 57.2 Å². The minimum Gasteiger partial charge on any atom is -0.494 e. The Balaban J connectivity index is 1.99. The van der Waals surface area contributed by atoms with Crippen LogP contribution >= 0.6 is 0 Å². The molecule has 0 saturated carbocycles. The summed E-state index contributed by atoms with van der Waals surface area (Å²) >= 11 is 0. The van der Waals surface area contributed by atoms with Crippen molar-refractivity contribution in [2.45, 2.75) is 71.9 Å². The summed E-state index contributed by atoms with van der Waals surface area (Å²) in [4.78, 5) is 27.8. The van der Waals surface area contributed by atoms with E-state index in [4.69, 9.17) is 4.74 Å². The van der Waals surface area contributed by atoms with Gasteiger partial charge in [0.15, 0.2) is 0 Å². The van der Waals surface area contributed by atoms with Gasteiger partial charge in [-0.1, -0.05) is 61.9 Å². The average Bonchev–Trinajstić information content (AvgIpc) is 2.80. The van der Waals surface area contributed by atoms with Crippen molar-refractivity contribution < 1.29 is 14.3 Å². The molecular formula is C27H38N2O3. The average molecular weight is 439 g/mol. The molecule has 2 amide bonds. The highest BCUT2D eigenvalue weighted by molar-refractivity contribution is 5.87. The zero-order valence-electron chi connectivity index (χ0n) is 20.0. The van der Waals surface area contributed by atoms with Gasteiger partial charge in [0.2, 0.25) is 11.8 Å². The number of nitrogens with one attached hydrogen (secondary N) is 1. The lowest BCUT2D eigenvalue weighted by molar-refractivity contribution is -0.141. The Bertz CT molecular complexity index is 821. The van der Waals surface area contributed by atoms with Gasteiger partial charge < -0.3 is 15.0 Å². The van der Waals surface area contributed by atoms with Crippen LogP contribution in [0.4, 0.5) is 0 Å². The fraction of sp³-hybridized carbons (Fsp3) is 0.481. The zero-order chi connectivity index (χ0) is 23.3. The number of carbonyl (C=O) groups is 2. The van der Waals surface area contributed by atoms with E-state index in [0.29, 0.717) is 32.4 Å². The molecule has 1 N–H and O–H groups in total. The molecule has 0 radical (unpaired) electrons. The Morgan fingerprint density at radius 3 is 2.31 bits per heavy atom. The molecule has 0 aliphatic carbocycles. The SMILES string of the molecule is CC[C@H](C(=O)N[C@@H](C)CC)N(CCc1ccccc1)C(=O)CCCOc1ccc(C)cc1. The van der Waals surface area contributed by atoms with Crippen molar-refractivity contribution in [3.05, 3.63) is 65.7 Å². The quantitative estimate of drug-likeness (QED) is 0.452. The molecule has 2 aromatic carbocycles. The van der Waals surface area contributed by atoms with E-state index >= 15 is 0 Å².